The second-order valence-electron chi connectivity index (χ2n) is 4.60. The van der Waals surface area contributed by atoms with Gasteiger partial charge in [0.05, 0.1) is 5.75 Å². The Morgan fingerprint density at radius 2 is 2.10 bits per heavy atom. The maximum atomic E-state index is 12.0. The smallest absolute Gasteiger partial charge is 0.256 e. The van der Waals surface area contributed by atoms with Crippen LogP contribution in [-0.2, 0) is 22.6 Å². The van der Waals surface area contributed by atoms with Crippen LogP contribution in [0.3, 0.4) is 0 Å². The molecule has 0 fully saturated rings. The highest BCUT2D eigenvalue weighted by Crippen LogP contribution is 2.11. The number of rotatable bonds is 4. The molecule has 1 amide bonds. The zero-order chi connectivity index (χ0) is 14.8. The molecular weight excluding hydrogens is 278 g/mol. The van der Waals surface area contributed by atoms with Gasteiger partial charge in [0.25, 0.3) is 5.91 Å². The highest BCUT2D eigenvalue weighted by molar-refractivity contribution is 7.89. The van der Waals surface area contributed by atoms with Crippen molar-refractivity contribution < 1.29 is 13.2 Å². The minimum absolute atomic E-state index is 0.0856. The Morgan fingerprint density at radius 1 is 1.35 bits per heavy atom. The number of amides is 1. The van der Waals surface area contributed by atoms with E-state index < -0.39 is 9.84 Å². The van der Waals surface area contributed by atoms with Gasteiger partial charge in [-0.1, -0.05) is 12.1 Å². The van der Waals surface area contributed by atoms with Crippen LogP contribution in [-0.4, -0.2) is 30.4 Å². The lowest BCUT2D eigenvalue weighted by Crippen LogP contribution is -2.13. The molecule has 6 nitrogen and oxygen atoms in total. The van der Waals surface area contributed by atoms with E-state index in [1.165, 1.54) is 0 Å². The maximum absolute atomic E-state index is 12.0. The molecule has 1 N–H and O–H groups in total. The van der Waals surface area contributed by atoms with Crippen molar-refractivity contribution in [1.82, 2.24) is 9.78 Å². The summed E-state index contributed by atoms with van der Waals surface area (Å²) in [5.74, 6) is 0.0441. The molecule has 0 saturated carbocycles. The zero-order valence-electron chi connectivity index (χ0n) is 11.2. The van der Waals surface area contributed by atoms with Gasteiger partial charge >= 0.3 is 0 Å². The van der Waals surface area contributed by atoms with Gasteiger partial charge in [-0.25, -0.2) is 8.42 Å². The third-order valence-corrected chi connectivity index (χ3v) is 3.43. The van der Waals surface area contributed by atoms with E-state index in [0.717, 1.165) is 6.26 Å². The molecule has 7 heteroatoms. The molecule has 20 heavy (non-hydrogen) atoms. The minimum atomic E-state index is -3.12. The van der Waals surface area contributed by atoms with Crippen LogP contribution >= 0.6 is 0 Å². The van der Waals surface area contributed by atoms with Crippen molar-refractivity contribution in [2.45, 2.75) is 5.75 Å². The van der Waals surface area contributed by atoms with Crippen molar-refractivity contribution in [3.63, 3.8) is 0 Å². The molecular formula is C13H15N3O3S. The Morgan fingerprint density at radius 3 is 2.70 bits per heavy atom. The number of nitrogens with one attached hydrogen (secondary N) is 1. The van der Waals surface area contributed by atoms with Gasteiger partial charge in [0, 0.05) is 31.1 Å². The van der Waals surface area contributed by atoms with E-state index in [4.69, 9.17) is 0 Å². The van der Waals surface area contributed by atoms with Crippen LogP contribution in [0.15, 0.2) is 36.5 Å². The van der Waals surface area contributed by atoms with Crippen LogP contribution in [0.1, 0.15) is 15.9 Å². The van der Waals surface area contributed by atoms with Crippen molar-refractivity contribution in [2.75, 3.05) is 11.6 Å². The number of sulfone groups is 1. The van der Waals surface area contributed by atoms with Gasteiger partial charge in [-0.15, -0.1) is 0 Å². The Hall–Kier alpha value is -2.15. The van der Waals surface area contributed by atoms with Crippen LogP contribution < -0.4 is 5.32 Å². The largest absolute Gasteiger partial charge is 0.305 e. The molecule has 0 aliphatic rings. The molecule has 1 heterocycles. The summed E-state index contributed by atoms with van der Waals surface area (Å²) in [4.78, 5) is 12.0. The zero-order valence-corrected chi connectivity index (χ0v) is 12.0. The van der Waals surface area contributed by atoms with Gasteiger partial charge in [0.2, 0.25) is 0 Å². The van der Waals surface area contributed by atoms with E-state index in [1.807, 2.05) is 0 Å². The molecule has 2 rings (SSSR count). The van der Waals surface area contributed by atoms with E-state index in [0.29, 0.717) is 16.9 Å². The monoisotopic (exact) mass is 293 g/mol. The van der Waals surface area contributed by atoms with Crippen LogP contribution in [0.4, 0.5) is 5.82 Å². The summed E-state index contributed by atoms with van der Waals surface area (Å²) >= 11 is 0. The molecule has 0 aliphatic heterocycles. The second-order valence-corrected chi connectivity index (χ2v) is 6.74. The third kappa shape index (κ3) is 3.92. The quantitative estimate of drug-likeness (QED) is 0.919. The molecule has 0 saturated heterocycles. The van der Waals surface area contributed by atoms with Gasteiger partial charge in [0.15, 0.2) is 15.7 Å². The summed E-state index contributed by atoms with van der Waals surface area (Å²) in [5.41, 5.74) is 0.984. The standard InChI is InChI=1S/C13H15N3O3S/c1-16-7-6-12(15-16)14-13(17)11-5-3-4-10(8-11)9-20(2,18)19/h3-8H,9H2,1-2H3,(H,14,15,17). The number of anilines is 1. The number of aryl methyl sites for hydroxylation is 1. The first-order valence-corrected chi connectivity index (χ1v) is 7.97. The molecule has 0 bridgehead atoms. The molecule has 2 aromatic rings. The minimum Gasteiger partial charge on any atom is -0.305 e. The van der Waals surface area contributed by atoms with Crippen molar-refractivity contribution in [3.05, 3.63) is 47.7 Å². The number of aromatic nitrogens is 2. The van der Waals surface area contributed by atoms with Crippen LogP contribution in [0, 0.1) is 0 Å². The van der Waals surface area contributed by atoms with Crippen molar-refractivity contribution >= 4 is 21.6 Å². The van der Waals surface area contributed by atoms with Crippen molar-refractivity contribution in [3.8, 4) is 0 Å². The highest BCUT2D eigenvalue weighted by Gasteiger charge is 2.10. The molecule has 0 unspecified atom stereocenters. The fourth-order valence-corrected chi connectivity index (χ4v) is 2.56. The molecule has 106 valence electrons. The lowest BCUT2D eigenvalue weighted by Gasteiger charge is -2.04. The fraction of sp³-hybridized carbons (Fsp3) is 0.231. The first-order chi connectivity index (χ1) is 9.33. The number of carbonyl (C=O) groups excluding carboxylic acids is 1. The number of hydrogen-bond donors (Lipinski definition) is 1. The average molecular weight is 293 g/mol. The normalized spacial score (nSPS) is 11.3. The number of carbonyl (C=O) groups is 1. The molecule has 0 spiro atoms. The number of hydrogen-bond acceptors (Lipinski definition) is 4. The van der Waals surface area contributed by atoms with Crippen LogP contribution in [0.5, 0.6) is 0 Å². The molecule has 0 atom stereocenters. The summed E-state index contributed by atoms with van der Waals surface area (Å²) in [7, 11) is -1.37. The Balaban J connectivity index is 2.16. The number of nitrogens with zero attached hydrogens (tertiary/aromatic N) is 2. The Bertz CT molecular complexity index is 735. The molecule has 0 radical (unpaired) electrons. The van der Waals surface area contributed by atoms with Gasteiger partial charge < -0.3 is 5.32 Å². The van der Waals surface area contributed by atoms with Crippen molar-refractivity contribution in [1.29, 1.82) is 0 Å². The summed E-state index contributed by atoms with van der Waals surface area (Å²) in [5, 5.41) is 6.70. The summed E-state index contributed by atoms with van der Waals surface area (Å²) < 4.78 is 24.1. The van der Waals surface area contributed by atoms with E-state index >= 15 is 0 Å². The van der Waals surface area contributed by atoms with Gasteiger partial charge in [-0.05, 0) is 17.7 Å². The lowest BCUT2D eigenvalue weighted by atomic mass is 10.1. The number of benzene rings is 1. The first kappa shape index (κ1) is 14.3. The molecule has 1 aromatic heterocycles. The maximum Gasteiger partial charge on any atom is 0.256 e. The predicted molar refractivity (Wildman–Crippen MR) is 76.2 cm³/mol. The van der Waals surface area contributed by atoms with Gasteiger partial charge in [0.1, 0.15) is 0 Å². The van der Waals surface area contributed by atoms with Crippen LogP contribution in [0.2, 0.25) is 0 Å². The van der Waals surface area contributed by atoms with Gasteiger partial charge in [-0.3, -0.25) is 9.48 Å². The molecule has 1 aromatic carbocycles. The van der Waals surface area contributed by atoms with Crippen LogP contribution in [0.25, 0.3) is 0 Å². The summed E-state index contributed by atoms with van der Waals surface area (Å²) in [6, 6.07) is 8.22. The second kappa shape index (κ2) is 5.46. The lowest BCUT2D eigenvalue weighted by molar-refractivity contribution is 0.102. The Kier molecular flexibility index (Phi) is 3.89. The predicted octanol–water partition coefficient (Wildman–Crippen LogP) is 1.22. The topological polar surface area (TPSA) is 81.1 Å². The van der Waals surface area contributed by atoms with E-state index in [1.54, 1.807) is 48.3 Å². The highest BCUT2D eigenvalue weighted by atomic mass is 32.2. The fourth-order valence-electron chi connectivity index (χ4n) is 1.78. The summed E-state index contributed by atoms with van der Waals surface area (Å²) in [6.07, 6.45) is 2.88. The average Bonchev–Trinajstić information content (AvgIpc) is 2.73. The van der Waals surface area contributed by atoms with E-state index in [9.17, 15) is 13.2 Å². The Labute approximate surface area is 117 Å². The molecule has 0 aliphatic carbocycles. The summed E-state index contributed by atoms with van der Waals surface area (Å²) in [6.45, 7) is 0. The third-order valence-electron chi connectivity index (χ3n) is 2.57. The van der Waals surface area contributed by atoms with E-state index in [2.05, 4.69) is 10.4 Å². The first-order valence-electron chi connectivity index (χ1n) is 5.91. The van der Waals surface area contributed by atoms with Gasteiger partial charge in [-0.2, -0.15) is 5.10 Å². The SMILES string of the molecule is Cn1ccc(NC(=O)c2cccc(CS(C)(=O)=O)c2)n1. The van der Waals surface area contributed by atoms with E-state index in [-0.39, 0.29) is 11.7 Å². The van der Waals surface area contributed by atoms with Crippen molar-refractivity contribution in [2.24, 2.45) is 7.05 Å².